The van der Waals surface area contributed by atoms with Gasteiger partial charge in [-0.25, -0.2) is 46.7 Å². The van der Waals surface area contributed by atoms with Crippen molar-refractivity contribution in [3.8, 4) is 34.0 Å². The van der Waals surface area contributed by atoms with Gasteiger partial charge in [-0.05, 0) is 163 Å². The van der Waals surface area contributed by atoms with Crippen LogP contribution >= 0.6 is 23.2 Å². The Labute approximate surface area is 507 Å². The smallest absolute Gasteiger partial charge is 0.309 e. The van der Waals surface area contributed by atoms with E-state index in [1.165, 1.54) is 71.4 Å². The summed E-state index contributed by atoms with van der Waals surface area (Å²) in [6.07, 6.45) is 11.8. The SMILES string of the molecule is CN(C)C1CCC(N)CC1.COCc1cc(-c2ccc(CS(=O)(=O)c3ccccc3Cl)nc2OC)cc2cnc(F)nc12.COCc1cc(-c2ccc(CS(=O)(=O)c3ccccc3Cl)nc2OC)cc2cnc(NC3CCC(N(C)C)CC3)nc12. The number of rotatable bonds is 18. The van der Waals surface area contributed by atoms with Gasteiger partial charge < -0.3 is 39.8 Å². The van der Waals surface area contributed by atoms with Crippen molar-refractivity contribution in [2.24, 2.45) is 5.73 Å². The summed E-state index contributed by atoms with van der Waals surface area (Å²) in [7, 11) is 7.33. The first-order chi connectivity index (χ1) is 40.7. The highest BCUT2D eigenvalue weighted by Crippen LogP contribution is 2.37. The second-order valence-electron chi connectivity index (χ2n) is 21.6. The van der Waals surface area contributed by atoms with Crippen LogP contribution in [0.3, 0.4) is 0 Å². The molecule has 4 heterocycles. The lowest BCUT2D eigenvalue weighted by Crippen LogP contribution is -2.36. The van der Waals surface area contributed by atoms with Gasteiger partial charge in [-0.3, -0.25) is 0 Å². The molecular formula is C62H73Cl2FN10O8S2. The minimum absolute atomic E-state index is 0.0440. The molecule has 0 unspecified atom stereocenters. The van der Waals surface area contributed by atoms with Crippen LogP contribution in [0.25, 0.3) is 44.1 Å². The Kier molecular flexibility index (Phi) is 22.2. The van der Waals surface area contributed by atoms with Crippen molar-refractivity contribution in [3.05, 3.63) is 148 Å². The fraction of sp³-hybridized carbons (Fsp3) is 0.387. The maximum atomic E-state index is 13.6. The van der Waals surface area contributed by atoms with Gasteiger partial charge in [0, 0.05) is 83.8 Å². The molecule has 2 saturated carbocycles. The molecule has 2 aliphatic carbocycles. The first-order valence-corrected chi connectivity index (χ1v) is 31.9. The van der Waals surface area contributed by atoms with E-state index in [9.17, 15) is 21.2 Å². The summed E-state index contributed by atoms with van der Waals surface area (Å²) in [5.74, 6) is 0.530. The van der Waals surface area contributed by atoms with Crippen molar-refractivity contribution in [3.63, 3.8) is 0 Å². The average molecular weight is 1240 g/mol. The van der Waals surface area contributed by atoms with Gasteiger partial charge >= 0.3 is 6.08 Å². The first-order valence-electron chi connectivity index (χ1n) is 27.8. The molecule has 2 aliphatic rings. The minimum atomic E-state index is -3.71. The number of nitrogens with two attached hydrogens (primary N) is 1. The van der Waals surface area contributed by atoms with Crippen molar-refractivity contribution in [2.45, 2.75) is 110 Å². The molecule has 8 aromatic rings. The Morgan fingerprint density at radius 3 is 1.45 bits per heavy atom. The molecular weight excluding hydrogens is 1170 g/mol. The van der Waals surface area contributed by atoms with Crippen molar-refractivity contribution < 1.29 is 40.2 Å². The van der Waals surface area contributed by atoms with Gasteiger partial charge in [-0.15, -0.1) is 0 Å². The molecule has 3 N–H and O–H groups in total. The van der Waals surface area contributed by atoms with Gasteiger partial charge in [0.1, 0.15) is 0 Å². The zero-order valence-corrected chi connectivity index (χ0v) is 52.2. The fourth-order valence-corrected chi connectivity index (χ4v) is 14.4. The van der Waals surface area contributed by atoms with Gasteiger partial charge in [0.25, 0.3) is 0 Å². The zero-order valence-electron chi connectivity index (χ0n) is 49.1. The molecule has 2 fully saturated rings. The predicted octanol–water partition coefficient (Wildman–Crippen LogP) is 11.2. The van der Waals surface area contributed by atoms with Gasteiger partial charge in [0.2, 0.25) is 17.7 Å². The van der Waals surface area contributed by atoms with E-state index in [-0.39, 0.29) is 43.8 Å². The number of sulfone groups is 2. The quantitative estimate of drug-likeness (QED) is 0.0761. The number of ether oxygens (including phenoxy) is 4. The first kappa shape index (κ1) is 64.5. The Hall–Kier alpha value is -6.53. The Morgan fingerprint density at radius 1 is 0.576 bits per heavy atom. The van der Waals surface area contributed by atoms with E-state index >= 15 is 0 Å². The van der Waals surface area contributed by atoms with Crippen LogP contribution in [0, 0.1) is 6.08 Å². The summed E-state index contributed by atoms with van der Waals surface area (Å²) in [6, 6.07) is 29.3. The molecule has 4 aromatic heterocycles. The number of nitrogens with one attached hydrogen (secondary N) is 1. The minimum Gasteiger partial charge on any atom is -0.481 e. The third-order valence-corrected chi connectivity index (χ3v) is 19.5. The average Bonchev–Trinajstić information content (AvgIpc) is 1.73. The molecule has 23 heteroatoms. The van der Waals surface area contributed by atoms with Crippen molar-refractivity contribution in [2.75, 3.05) is 61.9 Å². The van der Waals surface area contributed by atoms with E-state index in [0.717, 1.165) is 64.9 Å². The lowest BCUT2D eigenvalue weighted by Gasteiger charge is -2.33. The Morgan fingerprint density at radius 2 is 1.01 bits per heavy atom. The van der Waals surface area contributed by atoms with Crippen LogP contribution in [0.4, 0.5) is 10.3 Å². The second-order valence-corrected chi connectivity index (χ2v) is 26.3. The molecule has 10 rings (SSSR count). The third kappa shape index (κ3) is 16.5. The summed E-state index contributed by atoms with van der Waals surface area (Å²) < 4.78 is 87.2. The van der Waals surface area contributed by atoms with Gasteiger partial charge in [0.05, 0.1) is 81.2 Å². The number of hydrogen-bond donors (Lipinski definition) is 2. The molecule has 0 atom stereocenters. The molecule has 0 bridgehead atoms. The molecule has 4 aromatic carbocycles. The van der Waals surface area contributed by atoms with Crippen molar-refractivity contribution >= 4 is 70.6 Å². The van der Waals surface area contributed by atoms with Crippen LogP contribution in [0.15, 0.2) is 119 Å². The normalized spacial score (nSPS) is 17.2. The molecule has 0 radical (unpaired) electrons. The number of aromatic nitrogens is 6. The zero-order chi connectivity index (χ0) is 61.0. The molecule has 0 amide bonds. The monoisotopic (exact) mass is 1240 g/mol. The highest BCUT2D eigenvalue weighted by atomic mass is 35.5. The second kappa shape index (κ2) is 29.2. The molecule has 85 heavy (non-hydrogen) atoms. The lowest BCUT2D eigenvalue weighted by molar-refractivity contribution is 0.186. The van der Waals surface area contributed by atoms with E-state index in [1.807, 2.05) is 24.4 Å². The number of methoxy groups -OCH3 is 4. The largest absolute Gasteiger partial charge is 0.481 e. The fourth-order valence-electron chi connectivity index (χ4n) is 10.7. The summed E-state index contributed by atoms with van der Waals surface area (Å²) in [5.41, 5.74) is 12.2. The number of fused-ring (bicyclic) bond motifs is 2. The van der Waals surface area contributed by atoms with Crippen molar-refractivity contribution in [1.82, 2.24) is 39.7 Å². The molecule has 0 saturated heterocycles. The van der Waals surface area contributed by atoms with Gasteiger partial charge in [0.15, 0.2) is 19.7 Å². The molecule has 18 nitrogen and oxygen atoms in total. The predicted molar refractivity (Wildman–Crippen MR) is 332 cm³/mol. The van der Waals surface area contributed by atoms with Crippen LogP contribution in [-0.4, -0.2) is 137 Å². The van der Waals surface area contributed by atoms with Crippen LogP contribution in [0.5, 0.6) is 11.8 Å². The Bertz CT molecular complexity index is 3830. The summed E-state index contributed by atoms with van der Waals surface area (Å²) in [6.45, 7) is 0.573. The van der Waals surface area contributed by atoms with E-state index < -0.39 is 25.8 Å². The number of anilines is 1. The molecule has 452 valence electrons. The number of pyridine rings is 2. The summed E-state index contributed by atoms with van der Waals surface area (Å²) >= 11 is 12.2. The van der Waals surface area contributed by atoms with E-state index in [0.29, 0.717) is 70.0 Å². The molecule has 0 spiro atoms. The number of halogens is 3. The maximum Gasteiger partial charge on any atom is 0.309 e. The van der Waals surface area contributed by atoms with E-state index in [1.54, 1.807) is 67.8 Å². The van der Waals surface area contributed by atoms with Crippen LogP contribution in [0.1, 0.15) is 73.9 Å². The number of hydrogen-bond acceptors (Lipinski definition) is 18. The highest BCUT2D eigenvalue weighted by molar-refractivity contribution is 7.91. The van der Waals surface area contributed by atoms with E-state index in [2.05, 4.69) is 68.2 Å². The lowest BCUT2D eigenvalue weighted by atomic mass is 9.90. The van der Waals surface area contributed by atoms with Crippen LogP contribution < -0.4 is 20.5 Å². The van der Waals surface area contributed by atoms with E-state index in [4.69, 9.17) is 52.9 Å². The van der Waals surface area contributed by atoms with Crippen molar-refractivity contribution in [1.29, 1.82) is 0 Å². The third-order valence-electron chi connectivity index (χ3n) is 15.2. The summed E-state index contributed by atoms with van der Waals surface area (Å²) in [5, 5.41) is 5.35. The van der Waals surface area contributed by atoms with Crippen LogP contribution in [0.2, 0.25) is 10.0 Å². The highest BCUT2D eigenvalue weighted by Gasteiger charge is 2.26. The number of benzene rings is 4. The number of nitrogens with zero attached hydrogens (tertiary/aromatic N) is 8. The molecule has 0 aliphatic heterocycles. The standard InChI is InChI=1S/C31H36ClN5O4S.C23H19ClFN3O4S.C8H18N2/c1-37(2)25-12-9-23(10-13-25)35-31-33-17-21-15-20(16-22(18-40-3)29(21)36-31)26-14-11-24(34-30(26)41-4)19-42(38,39)28-8-6-5-7-27(28)32;1-31-12-16-10-14(9-15-11-26-23(25)28-21(15)16)18-8-7-17(27-22(18)32-2)13-33(29,30)20-6-4-3-5-19(20)24;1-10(2)8-5-3-7(9)4-6-8/h5-8,11,14-17,23,25H,9-10,12-13,18-19H2,1-4H3,(H,33,35,36);3-11H,12-13H2,1-2H3;7-8H,3-6,9H2,1-2H3. The van der Waals surface area contributed by atoms with Gasteiger partial charge in [-0.2, -0.15) is 4.39 Å². The maximum absolute atomic E-state index is 13.6. The van der Waals surface area contributed by atoms with Gasteiger partial charge in [-0.1, -0.05) is 47.5 Å². The topological polar surface area (TPSA) is 227 Å². The van der Waals surface area contributed by atoms with Crippen LogP contribution in [-0.2, 0) is 53.9 Å². The Balaban J connectivity index is 0.000000194. The summed E-state index contributed by atoms with van der Waals surface area (Å²) in [4.78, 5) is 30.7.